The third-order valence-electron chi connectivity index (χ3n) is 11.7. The zero-order valence-corrected chi connectivity index (χ0v) is 38.1. The predicted octanol–water partition coefficient (Wildman–Crippen LogP) is 15.9. The van der Waals surface area contributed by atoms with Gasteiger partial charge in [0.2, 0.25) is 0 Å². The Labute approximate surface area is 348 Å². The molecule has 1 unspecified atom stereocenters. The van der Waals surface area contributed by atoms with Crippen LogP contribution in [0.25, 0.3) is 0 Å². The normalized spacial score (nSPS) is 12.4. The molecule has 0 saturated heterocycles. The van der Waals surface area contributed by atoms with Crippen LogP contribution in [0.3, 0.4) is 0 Å². The Bertz CT molecular complexity index is 843. The Morgan fingerprint density at radius 1 is 0.357 bits per heavy atom. The highest BCUT2D eigenvalue weighted by Gasteiger charge is 2.19. The van der Waals surface area contributed by atoms with Crippen molar-refractivity contribution in [2.24, 2.45) is 5.92 Å². The van der Waals surface area contributed by atoms with E-state index < -0.39 is 6.10 Å². The lowest BCUT2D eigenvalue weighted by molar-refractivity contribution is -0.167. The average molecular weight is 793 g/mol. The summed E-state index contributed by atoms with van der Waals surface area (Å²) in [5.74, 6) is 0.0127. The first-order chi connectivity index (χ1) is 27.4. The number of carbonyl (C=O) groups excluding carboxylic acids is 3. The van der Waals surface area contributed by atoms with Gasteiger partial charge in [-0.1, -0.05) is 240 Å². The molecule has 332 valence electrons. The van der Waals surface area contributed by atoms with Crippen LogP contribution >= 0.6 is 0 Å². The fourth-order valence-corrected chi connectivity index (χ4v) is 7.48. The van der Waals surface area contributed by atoms with Gasteiger partial charge in [-0.05, 0) is 25.2 Å². The molecule has 0 heterocycles. The van der Waals surface area contributed by atoms with Gasteiger partial charge >= 0.3 is 17.9 Å². The second-order valence-electron chi connectivity index (χ2n) is 17.3. The molecule has 0 rings (SSSR count). The smallest absolute Gasteiger partial charge is 0.306 e. The van der Waals surface area contributed by atoms with Crippen LogP contribution in [-0.2, 0) is 28.6 Å². The summed E-state index contributed by atoms with van der Waals surface area (Å²) in [7, 11) is 0. The van der Waals surface area contributed by atoms with Crippen LogP contribution in [0.1, 0.15) is 278 Å². The van der Waals surface area contributed by atoms with Gasteiger partial charge in [0.15, 0.2) is 6.10 Å². The first kappa shape index (κ1) is 54.4. The van der Waals surface area contributed by atoms with Crippen molar-refractivity contribution in [2.45, 2.75) is 284 Å². The van der Waals surface area contributed by atoms with Gasteiger partial charge < -0.3 is 14.2 Å². The quantitative estimate of drug-likeness (QED) is 0.0347. The molecule has 0 radical (unpaired) electrons. The minimum Gasteiger partial charge on any atom is -0.462 e. The van der Waals surface area contributed by atoms with Crippen molar-refractivity contribution in [1.29, 1.82) is 0 Å². The summed E-state index contributed by atoms with van der Waals surface area (Å²) in [5.41, 5.74) is 0. The maximum atomic E-state index is 12.7. The molecule has 0 aliphatic carbocycles. The molecule has 6 heteroatoms. The van der Waals surface area contributed by atoms with Crippen LogP contribution in [0.4, 0.5) is 0 Å². The SMILES string of the molecule is CCCCCCCCCCCCCCCCCCCC(=O)OC[C@@H](COC(=O)CCCCCCCCC)OC(=O)CCCCCCCCCCCCC(C)CC. The molecule has 2 atom stereocenters. The molecule has 0 aromatic heterocycles. The molecule has 0 spiro atoms. The van der Waals surface area contributed by atoms with E-state index in [-0.39, 0.29) is 31.1 Å². The van der Waals surface area contributed by atoms with E-state index >= 15 is 0 Å². The van der Waals surface area contributed by atoms with Crippen LogP contribution in [0.15, 0.2) is 0 Å². The van der Waals surface area contributed by atoms with Crippen molar-refractivity contribution in [1.82, 2.24) is 0 Å². The van der Waals surface area contributed by atoms with Crippen LogP contribution in [-0.4, -0.2) is 37.2 Å². The van der Waals surface area contributed by atoms with E-state index in [0.29, 0.717) is 19.3 Å². The third kappa shape index (κ3) is 42.0. The summed E-state index contributed by atoms with van der Waals surface area (Å²) in [5, 5.41) is 0. The lowest BCUT2D eigenvalue weighted by Crippen LogP contribution is -2.30. The van der Waals surface area contributed by atoms with Crippen molar-refractivity contribution >= 4 is 17.9 Å². The number of hydrogen-bond acceptors (Lipinski definition) is 6. The second-order valence-corrected chi connectivity index (χ2v) is 17.3. The molecule has 0 aromatic carbocycles. The van der Waals surface area contributed by atoms with E-state index in [4.69, 9.17) is 14.2 Å². The Hall–Kier alpha value is -1.59. The van der Waals surface area contributed by atoms with Gasteiger partial charge in [0.25, 0.3) is 0 Å². The Morgan fingerprint density at radius 3 is 0.929 bits per heavy atom. The fourth-order valence-electron chi connectivity index (χ4n) is 7.48. The lowest BCUT2D eigenvalue weighted by Gasteiger charge is -2.18. The van der Waals surface area contributed by atoms with Crippen molar-refractivity contribution in [3.63, 3.8) is 0 Å². The minimum atomic E-state index is -0.759. The molecule has 0 aliphatic heterocycles. The number of ether oxygens (including phenoxy) is 3. The Morgan fingerprint density at radius 2 is 0.625 bits per heavy atom. The maximum absolute atomic E-state index is 12.7. The van der Waals surface area contributed by atoms with E-state index in [1.165, 1.54) is 173 Å². The molecule has 0 saturated carbocycles. The lowest BCUT2D eigenvalue weighted by atomic mass is 9.99. The zero-order valence-electron chi connectivity index (χ0n) is 38.1. The monoisotopic (exact) mass is 793 g/mol. The Kier molecular flexibility index (Phi) is 43.2. The summed E-state index contributed by atoms with van der Waals surface area (Å²) in [6.45, 7) is 9.00. The van der Waals surface area contributed by atoms with E-state index in [1.54, 1.807) is 0 Å². The van der Waals surface area contributed by atoms with Crippen LogP contribution in [0, 0.1) is 5.92 Å². The topological polar surface area (TPSA) is 78.9 Å². The van der Waals surface area contributed by atoms with Gasteiger partial charge in [0.1, 0.15) is 13.2 Å². The Balaban J connectivity index is 4.21. The first-order valence-corrected chi connectivity index (χ1v) is 24.9. The maximum Gasteiger partial charge on any atom is 0.306 e. The van der Waals surface area contributed by atoms with Gasteiger partial charge in [-0.25, -0.2) is 0 Å². The van der Waals surface area contributed by atoms with E-state index in [9.17, 15) is 14.4 Å². The van der Waals surface area contributed by atoms with Crippen LogP contribution < -0.4 is 0 Å². The second kappa shape index (κ2) is 44.5. The third-order valence-corrected chi connectivity index (χ3v) is 11.7. The average Bonchev–Trinajstić information content (AvgIpc) is 3.19. The summed E-state index contributed by atoms with van der Waals surface area (Å²) >= 11 is 0. The van der Waals surface area contributed by atoms with Crippen molar-refractivity contribution in [3.05, 3.63) is 0 Å². The largest absolute Gasteiger partial charge is 0.462 e. The molecule has 56 heavy (non-hydrogen) atoms. The van der Waals surface area contributed by atoms with Crippen molar-refractivity contribution < 1.29 is 28.6 Å². The molecule has 0 aliphatic rings. The molecule has 0 amide bonds. The van der Waals surface area contributed by atoms with Crippen molar-refractivity contribution in [3.8, 4) is 0 Å². The molecule has 0 aromatic rings. The predicted molar refractivity (Wildman–Crippen MR) is 238 cm³/mol. The fraction of sp³-hybridized carbons (Fsp3) is 0.940. The summed E-state index contributed by atoms with van der Waals surface area (Å²) in [4.78, 5) is 37.7. The van der Waals surface area contributed by atoms with Gasteiger partial charge in [0.05, 0.1) is 0 Å². The van der Waals surface area contributed by atoms with Crippen molar-refractivity contribution in [2.75, 3.05) is 13.2 Å². The summed E-state index contributed by atoms with van der Waals surface area (Å²) in [6, 6.07) is 0. The molecule has 6 nitrogen and oxygen atoms in total. The first-order valence-electron chi connectivity index (χ1n) is 24.9. The molecule has 0 N–H and O–H groups in total. The van der Waals surface area contributed by atoms with Gasteiger partial charge in [-0.3, -0.25) is 14.4 Å². The highest BCUT2D eigenvalue weighted by atomic mass is 16.6. The standard InChI is InChI=1S/C50H96O6/c1-5-8-10-12-14-15-16-17-18-19-20-21-22-26-30-34-38-42-49(52)55-45-47(44-54-48(51)41-37-33-28-13-11-9-6-2)56-50(53)43-39-35-31-27-24-23-25-29-32-36-40-46(4)7-3/h46-47H,5-45H2,1-4H3/t46?,47-/m1/s1. The van der Waals surface area contributed by atoms with Gasteiger partial charge in [0, 0.05) is 19.3 Å². The summed E-state index contributed by atoms with van der Waals surface area (Å²) < 4.78 is 16.7. The van der Waals surface area contributed by atoms with Crippen LogP contribution in [0.5, 0.6) is 0 Å². The van der Waals surface area contributed by atoms with E-state index in [1.807, 2.05) is 0 Å². The zero-order chi connectivity index (χ0) is 41.0. The number of unbranched alkanes of at least 4 members (excludes halogenated alkanes) is 31. The van der Waals surface area contributed by atoms with Gasteiger partial charge in [-0.2, -0.15) is 0 Å². The minimum absolute atomic E-state index is 0.0636. The molecule has 0 fully saturated rings. The number of rotatable bonds is 45. The number of hydrogen-bond donors (Lipinski definition) is 0. The summed E-state index contributed by atoms with van der Waals surface area (Å²) in [6.07, 6.45) is 45.2. The van der Waals surface area contributed by atoms with Crippen LogP contribution in [0.2, 0.25) is 0 Å². The molecular formula is C50H96O6. The number of esters is 3. The highest BCUT2D eigenvalue weighted by Crippen LogP contribution is 2.17. The van der Waals surface area contributed by atoms with E-state index in [0.717, 1.165) is 63.7 Å². The van der Waals surface area contributed by atoms with Gasteiger partial charge in [-0.15, -0.1) is 0 Å². The highest BCUT2D eigenvalue weighted by molar-refractivity contribution is 5.71. The molecule has 0 bridgehead atoms. The molecular weight excluding hydrogens is 697 g/mol. The van der Waals surface area contributed by atoms with E-state index in [2.05, 4.69) is 27.7 Å². The number of carbonyl (C=O) groups is 3.